The number of nitrogen functional groups attached to an aromatic ring is 1. The second-order valence-electron chi connectivity index (χ2n) is 5.00. The Morgan fingerprint density at radius 3 is 2.33 bits per heavy atom. The molecule has 0 aliphatic heterocycles. The summed E-state index contributed by atoms with van der Waals surface area (Å²) >= 11 is 0. The van der Waals surface area contributed by atoms with Crippen molar-refractivity contribution < 1.29 is 14.3 Å². The van der Waals surface area contributed by atoms with Crippen LogP contribution in [-0.2, 0) is 4.79 Å². The van der Waals surface area contributed by atoms with Gasteiger partial charge >= 0.3 is 0 Å². The van der Waals surface area contributed by atoms with E-state index < -0.39 is 0 Å². The maximum absolute atomic E-state index is 11.9. The van der Waals surface area contributed by atoms with Gasteiger partial charge < -0.3 is 25.4 Å². The fourth-order valence-corrected chi connectivity index (χ4v) is 2.07. The molecule has 1 aromatic carbocycles. The van der Waals surface area contributed by atoms with Gasteiger partial charge in [-0.25, -0.2) is 0 Å². The van der Waals surface area contributed by atoms with E-state index >= 15 is 0 Å². The number of likely N-dealkylation sites (N-methyl/N-ethyl adjacent to an activating group) is 1. The van der Waals surface area contributed by atoms with Gasteiger partial charge in [0.25, 0.3) is 0 Å². The zero-order valence-electron chi connectivity index (χ0n) is 13.4. The van der Waals surface area contributed by atoms with E-state index in [1.807, 2.05) is 25.7 Å². The smallest absolute Gasteiger partial charge is 0.239 e. The van der Waals surface area contributed by atoms with Gasteiger partial charge in [0, 0.05) is 24.7 Å². The summed E-state index contributed by atoms with van der Waals surface area (Å²) < 4.78 is 10.5. The molecule has 0 aliphatic carbocycles. The van der Waals surface area contributed by atoms with Crippen molar-refractivity contribution in [3.05, 3.63) is 12.1 Å². The second kappa shape index (κ2) is 7.61. The zero-order chi connectivity index (χ0) is 16.0. The number of nitrogens with one attached hydrogen (secondary N) is 1. The lowest BCUT2D eigenvalue weighted by Crippen LogP contribution is -2.40. The molecule has 21 heavy (non-hydrogen) atoms. The standard InChI is InChI=1S/C15H25N3O3/c1-6-18(9-15(19)17-10(2)3)12-8-14(21-5)13(20-4)7-11(12)16/h7-8,10H,6,9,16H2,1-5H3,(H,17,19). The van der Waals surface area contributed by atoms with E-state index in [4.69, 9.17) is 15.2 Å². The van der Waals surface area contributed by atoms with Crippen LogP contribution < -0.4 is 25.4 Å². The summed E-state index contributed by atoms with van der Waals surface area (Å²) in [6.45, 7) is 6.73. The lowest BCUT2D eigenvalue weighted by Gasteiger charge is -2.25. The molecule has 1 aromatic rings. The van der Waals surface area contributed by atoms with Gasteiger partial charge in [0.05, 0.1) is 32.1 Å². The van der Waals surface area contributed by atoms with Gasteiger partial charge in [-0.3, -0.25) is 4.79 Å². The number of benzene rings is 1. The summed E-state index contributed by atoms with van der Waals surface area (Å²) in [5.41, 5.74) is 7.37. The van der Waals surface area contributed by atoms with Crippen molar-refractivity contribution in [3.63, 3.8) is 0 Å². The maximum atomic E-state index is 11.9. The molecule has 6 nitrogen and oxygen atoms in total. The summed E-state index contributed by atoms with van der Waals surface area (Å²) in [5, 5.41) is 2.87. The molecule has 0 atom stereocenters. The van der Waals surface area contributed by atoms with Gasteiger partial charge in [-0.05, 0) is 20.8 Å². The first kappa shape index (κ1) is 16.9. The van der Waals surface area contributed by atoms with E-state index in [1.54, 1.807) is 26.4 Å². The molecule has 1 amide bonds. The van der Waals surface area contributed by atoms with Gasteiger partial charge in [0.1, 0.15) is 0 Å². The van der Waals surface area contributed by atoms with Crippen LogP contribution in [0.3, 0.4) is 0 Å². The van der Waals surface area contributed by atoms with Crippen molar-refractivity contribution in [1.29, 1.82) is 0 Å². The topological polar surface area (TPSA) is 76.8 Å². The number of nitrogens with zero attached hydrogens (tertiary/aromatic N) is 1. The van der Waals surface area contributed by atoms with Crippen LogP contribution in [0.4, 0.5) is 11.4 Å². The molecule has 0 aliphatic rings. The first-order chi connectivity index (χ1) is 9.92. The Bertz CT molecular complexity index is 489. The Morgan fingerprint density at radius 1 is 1.29 bits per heavy atom. The van der Waals surface area contributed by atoms with Crippen LogP contribution in [-0.4, -0.2) is 39.3 Å². The average Bonchev–Trinajstić information content (AvgIpc) is 2.43. The van der Waals surface area contributed by atoms with E-state index in [2.05, 4.69) is 5.32 Å². The van der Waals surface area contributed by atoms with E-state index in [1.165, 1.54) is 0 Å². The van der Waals surface area contributed by atoms with Crippen LogP contribution in [0.2, 0.25) is 0 Å². The van der Waals surface area contributed by atoms with Crippen LogP contribution >= 0.6 is 0 Å². The first-order valence-electron chi connectivity index (χ1n) is 6.98. The highest BCUT2D eigenvalue weighted by Gasteiger charge is 2.16. The minimum atomic E-state index is -0.0407. The summed E-state index contributed by atoms with van der Waals surface area (Å²) in [6.07, 6.45) is 0. The molecular formula is C15H25N3O3. The molecule has 0 radical (unpaired) electrons. The van der Waals surface area contributed by atoms with Crippen molar-refractivity contribution >= 4 is 17.3 Å². The normalized spacial score (nSPS) is 10.4. The van der Waals surface area contributed by atoms with Crippen LogP contribution in [0, 0.1) is 0 Å². The lowest BCUT2D eigenvalue weighted by atomic mass is 10.2. The summed E-state index contributed by atoms with van der Waals surface area (Å²) in [4.78, 5) is 13.8. The Balaban J connectivity index is 3.02. The van der Waals surface area contributed by atoms with Gasteiger partial charge in [0.2, 0.25) is 5.91 Å². The zero-order valence-corrected chi connectivity index (χ0v) is 13.4. The lowest BCUT2D eigenvalue weighted by molar-refractivity contribution is -0.120. The highest BCUT2D eigenvalue weighted by molar-refractivity contribution is 5.84. The fourth-order valence-electron chi connectivity index (χ4n) is 2.07. The molecule has 118 valence electrons. The quantitative estimate of drug-likeness (QED) is 0.748. The molecule has 6 heteroatoms. The monoisotopic (exact) mass is 295 g/mol. The van der Waals surface area contributed by atoms with Crippen LogP contribution in [0.5, 0.6) is 11.5 Å². The summed E-state index contributed by atoms with van der Waals surface area (Å²) in [7, 11) is 3.13. The second-order valence-corrected chi connectivity index (χ2v) is 5.00. The Labute approximate surface area is 126 Å². The molecule has 0 saturated carbocycles. The number of nitrogens with two attached hydrogens (primary N) is 1. The number of anilines is 2. The number of methoxy groups -OCH3 is 2. The van der Waals surface area contributed by atoms with E-state index in [0.717, 1.165) is 5.69 Å². The minimum absolute atomic E-state index is 0.0407. The minimum Gasteiger partial charge on any atom is -0.493 e. The molecule has 3 N–H and O–H groups in total. The number of carbonyl (C=O) groups excluding carboxylic acids is 1. The van der Waals surface area contributed by atoms with Crippen molar-refractivity contribution in [1.82, 2.24) is 5.32 Å². The molecule has 0 saturated heterocycles. The number of rotatable bonds is 7. The van der Waals surface area contributed by atoms with Crippen LogP contribution in [0.1, 0.15) is 20.8 Å². The third-order valence-electron chi connectivity index (χ3n) is 3.04. The van der Waals surface area contributed by atoms with Gasteiger partial charge in [-0.2, -0.15) is 0 Å². The summed E-state index contributed by atoms with van der Waals surface area (Å²) in [6, 6.07) is 3.61. The molecular weight excluding hydrogens is 270 g/mol. The van der Waals surface area contributed by atoms with Gasteiger partial charge in [-0.1, -0.05) is 0 Å². The van der Waals surface area contributed by atoms with E-state index in [0.29, 0.717) is 23.7 Å². The maximum Gasteiger partial charge on any atom is 0.239 e. The molecule has 0 bridgehead atoms. The van der Waals surface area contributed by atoms with Crippen LogP contribution in [0.15, 0.2) is 12.1 Å². The highest BCUT2D eigenvalue weighted by atomic mass is 16.5. The van der Waals surface area contributed by atoms with E-state index in [9.17, 15) is 4.79 Å². The number of amides is 1. The third-order valence-corrected chi connectivity index (χ3v) is 3.04. The largest absolute Gasteiger partial charge is 0.493 e. The molecule has 0 fully saturated rings. The van der Waals surface area contributed by atoms with Crippen LogP contribution in [0.25, 0.3) is 0 Å². The SMILES string of the molecule is CCN(CC(=O)NC(C)C)c1cc(OC)c(OC)cc1N. The molecule has 1 rings (SSSR count). The molecule has 0 spiro atoms. The van der Waals surface area contributed by atoms with Gasteiger partial charge in [-0.15, -0.1) is 0 Å². The van der Waals surface area contributed by atoms with Crippen molar-refractivity contribution in [3.8, 4) is 11.5 Å². The Kier molecular flexibility index (Phi) is 6.14. The first-order valence-corrected chi connectivity index (χ1v) is 6.98. The fraction of sp³-hybridized carbons (Fsp3) is 0.533. The molecule has 0 unspecified atom stereocenters. The number of hydrogen-bond acceptors (Lipinski definition) is 5. The number of hydrogen-bond donors (Lipinski definition) is 2. The van der Waals surface area contributed by atoms with Crippen molar-refractivity contribution in [2.75, 3.05) is 37.9 Å². The highest BCUT2D eigenvalue weighted by Crippen LogP contribution is 2.36. The average molecular weight is 295 g/mol. The van der Waals surface area contributed by atoms with Crippen molar-refractivity contribution in [2.45, 2.75) is 26.8 Å². The van der Waals surface area contributed by atoms with E-state index in [-0.39, 0.29) is 18.5 Å². The molecule has 0 heterocycles. The van der Waals surface area contributed by atoms with Crippen molar-refractivity contribution in [2.24, 2.45) is 0 Å². The Hall–Kier alpha value is -2.11. The van der Waals surface area contributed by atoms with Gasteiger partial charge in [0.15, 0.2) is 11.5 Å². The Morgan fingerprint density at radius 2 is 1.86 bits per heavy atom. The summed E-state index contributed by atoms with van der Waals surface area (Å²) in [5.74, 6) is 1.12. The predicted molar refractivity (Wildman–Crippen MR) is 85.1 cm³/mol. The molecule has 0 aromatic heterocycles. The number of carbonyl (C=O) groups is 1. The number of ether oxygens (including phenoxy) is 2. The third kappa shape index (κ3) is 4.44. The predicted octanol–water partition coefficient (Wildman–Crippen LogP) is 1.64.